The van der Waals surface area contributed by atoms with E-state index in [4.69, 9.17) is 16.9 Å². The van der Waals surface area contributed by atoms with Crippen LogP contribution in [0.3, 0.4) is 0 Å². The number of fused-ring (bicyclic) bond motifs is 1. The molecule has 0 spiro atoms. The second kappa shape index (κ2) is 6.20. The molecule has 3 rings (SSSR count). The van der Waals surface area contributed by atoms with Crippen LogP contribution in [0.4, 0.5) is 20.0 Å². The molecule has 8 heteroatoms. The van der Waals surface area contributed by atoms with Crippen molar-refractivity contribution < 1.29 is 9.18 Å². The molecular weight excluding hydrogens is 339 g/mol. The molecule has 2 N–H and O–H groups in total. The fourth-order valence-corrected chi connectivity index (χ4v) is 3.03. The predicted molar refractivity (Wildman–Crippen MR) is 88.4 cm³/mol. The zero-order chi connectivity index (χ0) is 16.4. The van der Waals surface area contributed by atoms with E-state index in [-0.39, 0.29) is 11.3 Å². The molecule has 0 bridgehead atoms. The summed E-state index contributed by atoms with van der Waals surface area (Å²) < 4.78 is 14.3. The van der Waals surface area contributed by atoms with E-state index < -0.39 is 11.8 Å². The van der Waals surface area contributed by atoms with E-state index in [0.717, 1.165) is 16.3 Å². The van der Waals surface area contributed by atoms with Gasteiger partial charge in [-0.1, -0.05) is 22.9 Å². The molecule has 3 aromatic rings. The minimum Gasteiger partial charge on any atom is -0.308 e. The van der Waals surface area contributed by atoms with Crippen LogP contribution in [0.25, 0.3) is 10.2 Å². The number of hydrogen-bond donors (Lipinski definition) is 2. The maximum atomic E-state index is 13.5. The molecule has 0 fully saturated rings. The van der Waals surface area contributed by atoms with Gasteiger partial charge in [0.05, 0.1) is 15.8 Å². The van der Waals surface area contributed by atoms with Crippen LogP contribution in [0.5, 0.6) is 0 Å². The van der Waals surface area contributed by atoms with Gasteiger partial charge in [0.2, 0.25) is 0 Å². The summed E-state index contributed by atoms with van der Waals surface area (Å²) in [6.45, 7) is 0. The summed E-state index contributed by atoms with van der Waals surface area (Å²) in [7, 11) is 0. The molecule has 1 aromatic heterocycles. The number of amides is 2. The second-order valence-electron chi connectivity index (χ2n) is 4.52. The van der Waals surface area contributed by atoms with E-state index in [1.807, 2.05) is 0 Å². The highest BCUT2D eigenvalue weighted by Gasteiger charge is 2.09. The largest absolute Gasteiger partial charge is 0.325 e. The molecule has 0 saturated carbocycles. The Hall–Kier alpha value is -2.69. The standard InChI is InChI=1S/C15H8ClFN4OS/c16-9-2-4-12-13(5-9)23-15(20-12)21-14(22)19-10-3-1-8(7-18)11(17)6-10/h1-6H,(H2,19,20,21,22). The molecule has 0 aliphatic carbocycles. The lowest BCUT2D eigenvalue weighted by molar-refractivity contribution is 0.262. The molecule has 2 aromatic carbocycles. The normalized spacial score (nSPS) is 10.3. The quantitative estimate of drug-likeness (QED) is 0.711. The van der Waals surface area contributed by atoms with Crippen LogP contribution in [0.15, 0.2) is 36.4 Å². The number of nitriles is 1. The Balaban J connectivity index is 1.73. The fraction of sp³-hybridized carbons (Fsp3) is 0. The van der Waals surface area contributed by atoms with Crippen molar-refractivity contribution in [3.05, 3.63) is 52.8 Å². The molecule has 0 aliphatic rings. The van der Waals surface area contributed by atoms with E-state index in [0.29, 0.717) is 10.2 Å². The average molecular weight is 347 g/mol. The number of halogens is 2. The van der Waals surface area contributed by atoms with Crippen molar-refractivity contribution >= 4 is 50.0 Å². The molecule has 0 aliphatic heterocycles. The average Bonchev–Trinajstić information content (AvgIpc) is 2.88. The van der Waals surface area contributed by atoms with Crippen LogP contribution in [0.1, 0.15) is 5.56 Å². The summed E-state index contributed by atoms with van der Waals surface area (Å²) in [4.78, 5) is 16.2. The molecule has 114 valence electrons. The monoisotopic (exact) mass is 346 g/mol. The Kier molecular flexibility index (Phi) is 4.10. The lowest BCUT2D eigenvalue weighted by atomic mass is 10.2. The van der Waals surface area contributed by atoms with Gasteiger partial charge in [0.15, 0.2) is 5.13 Å². The molecule has 0 atom stereocenters. The van der Waals surface area contributed by atoms with Crippen LogP contribution < -0.4 is 10.6 Å². The highest BCUT2D eigenvalue weighted by atomic mass is 35.5. The first-order valence-electron chi connectivity index (χ1n) is 6.39. The van der Waals surface area contributed by atoms with Crippen LogP contribution in [-0.2, 0) is 0 Å². The summed E-state index contributed by atoms with van der Waals surface area (Å²) >= 11 is 7.18. The third-order valence-electron chi connectivity index (χ3n) is 2.92. The van der Waals surface area contributed by atoms with Crippen LogP contribution in [0.2, 0.25) is 5.02 Å². The molecular formula is C15H8ClFN4OS. The first kappa shape index (κ1) is 15.2. The van der Waals surface area contributed by atoms with Crippen molar-refractivity contribution in [1.82, 2.24) is 4.98 Å². The lowest BCUT2D eigenvalue weighted by Gasteiger charge is -2.05. The van der Waals surface area contributed by atoms with Crippen LogP contribution in [-0.4, -0.2) is 11.0 Å². The van der Waals surface area contributed by atoms with Gasteiger partial charge in [0, 0.05) is 10.7 Å². The highest BCUT2D eigenvalue weighted by Crippen LogP contribution is 2.28. The molecule has 0 saturated heterocycles. The predicted octanol–water partition coefficient (Wildman–Crippen LogP) is 4.60. The Labute approximate surface area is 139 Å². The van der Waals surface area contributed by atoms with Gasteiger partial charge in [-0.15, -0.1) is 0 Å². The molecule has 23 heavy (non-hydrogen) atoms. The number of carbonyl (C=O) groups excluding carboxylic acids is 1. The van der Waals surface area contributed by atoms with Gasteiger partial charge in [-0.05, 0) is 36.4 Å². The van der Waals surface area contributed by atoms with Gasteiger partial charge in [-0.2, -0.15) is 5.26 Å². The van der Waals surface area contributed by atoms with Crippen molar-refractivity contribution in [3.8, 4) is 6.07 Å². The SMILES string of the molecule is N#Cc1ccc(NC(=O)Nc2nc3ccc(Cl)cc3s2)cc1F. The van der Waals surface area contributed by atoms with Crippen molar-refractivity contribution in [2.75, 3.05) is 10.6 Å². The number of rotatable bonds is 2. The van der Waals surface area contributed by atoms with Crippen molar-refractivity contribution in [2.45, 2.75) is 0 Å². The first-order valence-corrected chi connectivity index (χ1v) is 7.58. The number of hydrogen-bond acceptors (Lipinski definition) is 4. The number of anilines is 2. The Bertz CT molecular complexity index is 950. The van der Waals surface area contributed by atoms with Gasteiger partial charge in [-0.25, -0.2) is 14.2 Å². The van der Waals surface area contributed by atoms with Crippen molar-refractivity contribution in [2.24, 2.45) is 0 Å². The van der Waals surface area contributed by atoms with Gasteiger partial charge < -0.3 is 5.32 Å². The van der Waals surface area contributed by atoms with Crippen LogP contribution >= 0.6 is 22.9 Å². The molecule has 1 heterocycles. The Morgan fingerprint density at radius 1 is 1.26 bits per heavy atom. The minimum absolute atomic E-state index is 0.0843. The summed E-state index contributed by atoms with van der Waals surface area (Å²) in [5.41, 5.74) is 0.876. The van der Waals surface area contributed by atoms with E-state index in [2.05, 4.69) is 15.6 Å². The first-order chi connectivity index (χ1) is 11.0. The molecule has 2 amide bonds. The maximum absolute atomic E-state index is 13.5. The summed E-state index contributed by atoms with van der Waals surface area (Å²) in [5.74, 6) is -0.695. The Morgan fingerprint density at radius 2 is 2.09 bits per heavy atom. The molecule has 5 nitrogen and oxygen atoms in total. The highest BCUT2D eigenvalue weighted by molar-refractivity contribution is 7.22. The summed E-state index contributed by atoms with van der Waals surface area (Å²) in [6, 6.07) is 10.2. The maximum Gasteiger partial charge on any atom is 0.325 e. The third kappa shape index (κ3) is 3.39. The Morgan fingerprint density at radius 3 is 2.83 bits per heavy atom. The fourth-order valence-electron chi connectivity index (χ4n) is 1.89. The van der Waals surface area contributed by atoms with Gasteiger partial charge in [0.1, 0.15) is 11.9 Å². The van der Waals surface area contributed by atoms with Gasteiger partial charge >= 0.3 is 6.03 Å². The number of aromatic nitrogens is 1. The number of urea groups is 1. The zero-order valence-corrected chi connectivity index (χ0v) is 13.0. The van der Waals surface area contributed by atoms with Crippen LogP contribution in [0, 0.1) is 17.1 Å². The smallest absolute Gasteiger partial charge is 0.308 e. The number of thiazole rings is 1. The summed E-state index contributed by atoms with van der Waals surface area (Å²) in [5, 5.41) is 14.7. The molecule has 0 radical (unpaired) electrons. The van der Waals surface area contributed by atoms with E-state index in [1.165, 1.54) is 23.5 Å². The zero-order valence-electron chi connectivity index (χ0n) is 11.4. The number of nitrogens with one attached hydrogen (secondary N) is 2. The van der Waals surface area contributed by atoms with Crippen molar-refractivity contribution in [1.29, 1.82) is 5.26 Å². The third-order valence-corrected chi connectivity index (χ3v) is 4.09. The topological polar surface area (TPSA) is 77.8 Å². The number of carbonyl (C=O) groups is 1. The minimum atomic E-state index is -0.695. The number of nitrogens with zero attached hydrogens (tertiary/aromatic N) is 2. The lowest BCUT2D eigenvalue weighted by Crippen LogP contribution is -2.19. The van der Waals surface area contributed by atoms with E-state index in [1.54, 1.807) is 24.3 Å². The molecule has 0 unspecified atom stereocenters. The van der Waals surface area contributed by atoms with Crippen molar-refractivity contribution in [3.63, 3.8) is 0 Å². The van der Waals surface area contributed by atoms with E-state index in [9.17, 15) is 9.18 Å². The summed E-state index contributed by atoms with van der Waals surface area (Å²) in [6.07, 6.45) is 0. The van der Waals surface area contributed by atoms with E-state index >= 15 is 0 Å². The second-order valence-corrected chi connectivity index (χ2v) is 5.98. The van der Waals surface area contributed by atoms with Gasteiger partial charge in [-0.3, -0.25) is 5.32 Å². The number of benzene rings is 2. The van der Waals surface area contributed by atoms with Gasteiger partial charge in [0.25, 0.3) is 0 Å².